The van der Waals surface area contributed by atoms with Crippen LogP contribution in [-0.4, -0.2) is 45.9 Å². The van der Waals surface area contributed by atoms with E-state index in [0.29, 0.717) is 16.9 Å². The molecule has 1 aromatic heterocycles. The molecule has 0 N–H and O–H groups in total. The van der Waals surface area contributed by atoms with Crippen LogP contribution in [0.3, 0.4) is 0 Å². The molecule has 0 unspecified atom stereocenters. The molecular formula is C17H20ClN3O2S. The molecule has 0 bridgehead atoms. The summed E-state index contributed by atoms with van der Waals surface area (Å²) in [4.78, 5) is 22.4. The van der Waals surface area contributed by atoms with E-state index >= 15 is 0 Å². The minimum atomic E-state index is -0.195. The topological polar surface area (TPSA) is 55.3 Å². The van der Waals surface area contributed by atoms with Gasteiger partial charge in [-0.2, -0.15) is 0 Å². The summed E-state index contributed by atoms with van der Waals surface area (Å²) in [7, 11) is 0. The molecule has 0 aliphatic carbocycles. The lowest BCUT2D eigenvalue weighted by Crippen LogP contribution is -2.39. The number of aromatic nitrogens is 2. The predicted octanol–water partition coefficient (Wildman–Crippen LogP) is 4.39. The highest BCUT2D eigenvalue weighted by Crippen LogP contribution is 2.33. The minimum absolute atomic E-state index is 0.195. The summed E-state index contributed by atoms with van der Waals surface area (Å²) >= 11 is 7.85. The van der Waals surface area contributed by atoms with Gasteiger partial charge < -0.3 is 9.64 Å². The Morgan fingerprint density at radius 3 is 2.92 bits per heavy atom. The Morgan fingerprint density at radius 2 is 2.17 bits per heavy atom. The number of fused-ring (bicyclic) bond motifs is 1. The quantitative estimate of drug-likeness (QED) is 0.752. The highest BCUT2D eigenvalue weighted by molar-refractivity contribution is 8.00. The maximum atomic E-state index is 11.9. The normalized spacial score (nSPS) is 15.7. The second-order valence-corrected chi connectivity index (χ2v) is 7.48. The van der Waals surface area contributed by atoms with E-state index in [2.05, 4.69) is 9.97 Å². The van der Waals surface area contributed by atoms with E-state index in [4.69, 9.17) is 16.3 Å². The van der Waals surface area contributed by atoms with Gasteiger partial charge in [0, 0.05) is 28.7 Å². The van der Waals surface area contributed by atoms with Crippen molar-refractivity contribution in [3.8, 4) is 0 Å². The fourth-order valence-corrected chi connectivity index (χ4v) is 4.03. The number of amides is 1. The van der Waals surface area contributed by atoms with Crippen LogP contribution in [0.2, 0.25) is 5.02 Å². The largest absolute Gasteiger partial charge is 0.449 e. The van der Waals surface area contributed by atoms with E-state index in [1.165, 1.54) is 0 Å². The number of carbonyl (C=O) groups is 1. The van der Waals surface area contributed by atoms with E-state index in [9.17, 15) is 4.79 Å². The summed E-state index contributed by atoms with van der Waals surface area (Å²) < 4.78 is 5.20. The second kappa shape index (κ2) is 8.03. The molecule has 1 amide bonds. The Kier molecular flexibility index (Phi) is 5.79. The number of likely N-dealkylation sites (tertiary alicyclic amines) is 1. The third-order valence-corrected chi connectivity index (χ3v) is 5.56. The van der Waals surface area contributed by atoms with Gasteiger partial charge in [0.15, 0.2) is 0 Å². The molecule has 2 heterocycles. The SMILES string of the molecule is CCCOC(=O)N1CCC(Sc2ncnc3ccc(Cl)cc23)CC1. The summed E-state index contributed by atoms with van der Waals surface area (Å²) in [5, 5.41) is 3.05. The molecule has 0 atom stereocenters. The van der Waals surface area contributed by atoms with Crippen LogP contribution in [-0.2, 0) is 4.74 Å². The molecule has 1 fully saturated rings. The van der Waals surface area contributed by atoms with E-state index in [1.807, 2.05) is 25.1 Å². The molecule has 24 heavy (non-hydrogen) atoms. The molecule has 0 spiro atoms. The highest BCUT2D eigenvalue weighted by atomic mass is 35.5. The number of hydrogen-bond donors (Lipinski definition) is 0. The van der Waals surface area contributed by atoms with Gasteiger partial charge in [-0.1, -0.05) is 18.5 Å². The lowest BCUT2D eigenvalue weighted by Gasteiger charge is -2.30. The van der Waals surface area contributed by atoms with Gasteiger partial charge in [-0.05, 0) is 37.5 Å². The van der Waals surface area contributed by atoms with Crippen molar-refractivity contribution in [2.45, 2.75) is 36.5 Å². The molecule has 3 rings (SSSR count). The van der Waals surface area contributed by atoms with Crippen molar-refractivity contribution < 1.29 is 9.53 Å². The first kappa shape index (κ1) is 17.3. The van der Waals surface area contributed by atoms with Crippen LogP contribution in [0.1, 0.15) is 26.2 Å². The summed E-state index contributed by atoms with van der Waals surface area (Å²) in [6, 6.07) is 5.66. The Hall–Kier alpha value is -1.53. The molecule has 7 heteroatoms. The van der Waals surface area contributed by atoms with Crippen LogP contribution >= 0.6 is 23.4 Å². The molecule has 0 saturated carbocycles. The zero-order chi connectivity index (χ0) is 16.9. The van der Waals surface area contributed by atoms with Gasteiger partial charge in [-0.3, -0.25) is 0 Å². The van der Waals surface area contributed by atoms with Crippen molar-refractivity contribution in [2.24, 2.45) is 0 Å². The molecule has 1 aliphatic rings. The molecular weight excluding hydrogens is 346 g/mol. The third-order valence-electron chi connectivity index (χ3n) is 3.97. The van der Waals surface area contributed by atoms with Crippen molar-refractivity contribution >= 4 is 40.4 Å². The predicted molar refractivity (Wildman–Crippen MR) is 96.6 cm³/mol. The molecule has 2 aromatic rings. The van der Waals surface area contributed by atoms with Crippen LogP contribution in [0, 0.1) is 0 Å². The maximum absolute atomic E-state index is 11.9. The van der Waals surface area contributed by atoms with Crippen LogP contribution < -0.4 is 0 Å². The molecule has 1 aliphatic heterocycles. The standard InChI is InChI=1S/C17H20ClN3O2S/c1-2-9-23-17(22)21-7-5-13(6-8-21)24-16-14-10-12(18)3-4-15(14)19-11-20-16/h3-4,10-11,13H,2,5-9H2,1H3. The lowest BCUT2D eigenvalue weighted by atomic mass is 10.1. The third kappa shape index (κ3) is 4.11. The van der Waals surface area contributed by atoms with E-state index in [-0.39, 0.29) is 6.09 Å². The summed E-state index contributed by atoms with van der Waals surface area (Å²) in [6.07, 6.45) is 4.10. The van der Waals surface area contributed by atoms with E-state index < -0.39 is 0 Å². The second-order valence-electron chi connectivity index (χ2n) is 5.76. The fraction of sp³-hybridized carbons (Fsp3) is 0.471. The number of thioether (sulfide) groups is 1. The monoisotopic (exact) mass is 365 g/mol. The van der Waals surface area contributed by atoms with E-state index in [0.717, 1.165) is 48.3 Å². The number of halogens is 1. The van der Waals surface area contributed by atoms with E-state index in [1.54, 1.807) is 23.0 Å². The Morgan fingerprint density at radius 1 is 1.38 bits per heavy atom. The summed E-state index contributed by atoms with van der Waals surface area (Å²) in [6.45, 7) is 3.93. The first-order valence-corrected chi connectivity index (χ1v) is 9.41. The van der Waals surface area contributed by atoms with Crippen LogP contribution in [0.5, 0.6) is 0 Å². The lowest BCUT2D eigenvalue weighted by molar-refractivity contribution is 0.0960. The van der Waals surface area contributed by atoms with Crippen molar-refractivity contribution in [3.05, 3.63) is 29.5 Å². The Bertz CT molecular complexity index is 720. The van der Waals surface area contributed by atoms with Gasteiger partial charge >= 0.3 is 6.09 Å². The van der Waals surface area contributed by atoms with Crippen molar-refractivity contribution in [1.29, 1.82) is 0 Å². The fourth-order valence-electron chi connectivity index (χ4n) is 2.69. The Balaban J connectivity index is 1.62. The van der Waals surface area contributed by atoms with Crippen LogP contribution in [0.15, 0.2) is 29.6 Å². The zero-order valence-electron chi connectivity index (χ0n) is 13.6. The molecule has 1 saturated heterocycles. The summed E-state index contributed by atoms with van der Waals surface area (Å²) in [5.41, 5.74) is 0.900. The average Bonchev–Trinajstić information content (AvgIpc) is 2.61. The minimum Gasteiger partial charge on any atom is -0.449 e. The van der Waals surface area contributed by atoms with Gasteiger partial charge in [-0.15, -0.1) is 11.8 Å². The van der Waals surface area contributed by atoms with Crippen molar-refractivity contribution in [3.63, 3.8) is 0 Å². The van der Waals surface area contributed by atoms with Gasteiger partial charge in [0.25, 0.3) is 0 Å². The molecule has 0 radical (unpaired) electrons. The van der Waals surface area contributed by atoms with Crippen molar-refractivity contribution in [2.75, 3.05) is 19.7 Å². The average molecular weight is 366 g/mol. The number of ether oxygens (including phenoxy) is 1. The van der Waals surface area contributed by atoms with Gasteiger partial charge in [0.05, 0.1) is 12.1 Å². The molecule has 5 nitrogen and oxygen atoms in total. The van der Waals surface area contributed by atoms with Gasteiger partial charge in [0.2, 0.25) is 0 Å². The summed E-state index contributed by atoms with van der Waals surface area (Å²) in [5.74, 6) is 0. The van der Waals surface area contributed by atoms with Gasteiger partial charge in [0.1, 0.15) is 11.4 Å². The maximum Gasteiger partial charge on any atom is 0.409 e. The number of hydrogen-bond acceptors (Lipinski definition) is 5. The number of rotatable bonds is 4. The molecule has 128 valence electrons. The first-order chi connectivity index (χ1) is 11.7. The first-order valence-electron chi connectivity index (χ1n) is 8.16. The highest BCUT2D eigenvalue weighted by Gasteiger charge is 2.25. The van der Waals surface area contributed by atoms with Crippen LogP contribution in [0.4, 0.5) is 4.79 Å². The van der Waals surface area contributed by atoms with Crippen molar-refractivity contribution in [1.82, 2.24) is 14.9 Å². The Labute approximate surface area is 150 Å². The zero-order valence-corrected chi connectivity index (χ0v) is 15.1. The number of benzene rings is 1. The smallest absolute Gasteiger partial charge is 0.409 e. The van der Waals surface area contributed by atoms with Crippen LogP contribution in [0.25, 0.3) is 10.9 Å². The number of carbonyl (C=O) groups excluding carboxylic acids is 1. The molecule has 1 aromatic carbocycles. The number of piperidine rings is 1. The van der Waals surface area contributed by atoms with Gasteiger partial charge in [-0.25, -0.2) is 14.8 Å². The number of nitrogens with zero attached hydrogens (tertiary/aromatic N) is 3.